The molecule has 0 aliphatic carbocycles. The highest BCUT2D eigenvalue weighted by atomic mass is 32.1. The number of carbonyl (C=O) groups excluding carboxylic acids is 3. The molecule has 36 heavy (non-hydrogen) atoms. The Morgan fingerprint density at radius 3 is 2.31 bits per heavy atom. The van der Waals surface area contributed by atoms with Crippen LogP contribution in [0.3, 0.4) is 0 Å². The molecular weight excluding hydrogens is 474 g/mol. The van der Waals surface area contributed by atoms with Crippen molar-refractivity contribution in [3.63, 3.8) is 0 Å². The van der Waals surface area contributed by atoms with E-state index in [4.69, 9.17) is 4.74 Å². The number of amides is 3. The van der Waals surface area contributed by atoms with E-state index in [9.17, 15) is 14.4 Å². The van der Waals surface area contributed by atoms with Crippen molar-refractivity contribution in [3.05, 3.63) is 70.6 Å². The van der Waals surface area contributed by atoms with Crippen molar-refractivity contribution in [2.24, 2.45) is 0 Å². The predicted octanol–water partition coefficient (Wildman–Crippen LogP) is 5.14. The van der Waals surface area contributed by atoms with Crippen molar-refractivity contribution in [2.75, 3.05) is 19.6 Å². The molecule has 0 aliphatic rings. The minimum atomic E-state index is -0.521. The van der Waals surface area contributed by atoms with Crippen molar-refractivity contribution in [1.82, 2.24) is 15.5 Å². The van der Waals surface area contributed by atoms with E-state index in [0.29, 0.717) is 31.1 Å². The lowest BCUT2D eigenvalue weighted by molar-refractivity contribution is -0.128. The van der Waals surface area contributed by atoms with Crippen LogP contribution in [0.1, 0.15) is 54.9 Å². The van der Waals surface area contributed by atoms with Crippen LogP contribution < -0.4 is 10.6 Å². The fourth-order valence-electron chi connectivity index (χ4n) is 3.70. The smallest absolute Gasteiger partial charge is 0.407 e. The number of hydrogen-bond donors (Lipinski definition) is 2. The molecule has 3 rings (SSSR count). The molecule has 0 atom stereocenters. The number of hydrogen-bond acceptors (Lipinski definition) is 5. The number of aryl methyl sites for hydroxylation is 1. The third kappa shape index (κ3) is 8.68. The predicted molar refractivity (Wildman–Crippen MR) is 144 cm³/mol. The normalized spacial score (nSPS) is 11.2. The van der Waals surface area contributed by atoms with Crippen molar-refractivity contribution in [3.8, 4) is 0 Å². The van der Waals surface area contributed by atoms with Crippen LogP contribution in [0.25, 0.3) is 10.1 Å². The molecule has 1 heterocycles. The SMILES string of the molecule is CC(=O)N(CCCc1ccc(CNC(=O)OC(C)(C)C)cc1)CCNC(=O)c1cc2ccccc2s1. The largest absolute Gasteiger partial charge is 0.444 e. The lowest BCUT2D eigenvalue weighted by atomic mass is 10.1. The summed E-state index contributed by atoms with van der Waals surface area (Å²) in [6, 6.07) is 17.9. The summed E-state index contributed by atoms with van der Waals surface area (Å²) in [5, 5.41) is 6.75. The molecule has 192 valence electrons. The van der Waals surface area contributed by atoms with E-state index >= 15 is 0 Å². The number of fused-ring (bicyclic) bond motifs is 1. The zero-order chi connectivity index (χ0) is 26.1. The maximum Gasteiger partial charge on any atom is 0.407 e. The zero-order valence-electron chi connectivity index (χ0n) is 21.4. The van der Waals surface area contributed by atoms with Gasteiger partial charge in [0.25, 0.3) is 5.91 Å². The highest BCUT2D eigenvalue weighted by molar-refractivity contribution is 7.20. The molecule has 1 aromatic heterocycles. The van der Waals surface area contributed by atoms with Gasteiger partial charge < -0.3 is 20.3 Å². The minimum Gasteiger partial charge on any atom is -0.444 e. The molecule has 0 spiro atoms. The van der Waals surface area contributed by atoms with E-state index in [-0.39, 0.29) is 11.8 Å². The Hall–Kier alpha value is -3.39. The van der Waals surface area contributed by atoms with Gasteiger partial charge in [-0.25, -0.2) is 4.79 Å². The summed E-state index contributed by atoms with van der Waals surface area (Å²) < 4.78 is 6.33. The Balaban J connectivity index is 1.39. The van der Waals surface area contributed by atoms with E-state index < -0.39 is 11.7 Å². The molecule has 0 saturated carbocycles. The second-order valence-electron chi connectivity index (χ2n) is 9.69. The van der Waals surface area contributed by atoms with Crippen LogP contribution in [0, 0.1) is 0 Å². The maximum atomic E-state index is 12.5. The number of benzene rings is 2. The quantitative estimate of drug-likeness (QED) is 0.396. The van der Waals surface area contributed by atoms with Crippen LogP contribution in [-0.2, 0) is 22.5 Å². The van der Waals surface area contributed by atoms with E-state index in [2.05, 4.69) is 10.6 Å². The summed E-state index contributed by atoms with van der Waals surface area (Å²) in [5.74, 6) is -0.115. The lowest BCUT2D eigenvalue weighted by Gasteiger charge is -2.21. The summed E-state index contributed by atoms with van der Waals surface area (Å²) in [6.45, 7) is 8.95. The van der Waals surface area contributed by atoms with Crippen LogP contribution >= 0.6 is 11.3 Å². The van der Waals surface area contributed by atoms with Gasteiger partial charge in [0, 0.05) is 37.8 Å². The van der Waals surface area contributed by atoms with Gasteiger partial charge in [-0.2, -0.15) is 0 Å². The van der Waals surface area contributed by atoms with E-state index in [1.54, 1.807) is 11.8 Å². The fourth-order valence-corrected chi connectivity index (χ4v) is 4.68. The van der Waals surface area contributed by atoms with Gasteiger partial charge in [-0.1, -0.05) is 42.5 Å². The first-order chi connectivity index (χ1) is 17.1. The molecule has 0 bridgehead atoms. The lowest BCUT2D eigenvalue weighted by Crippen LogP contribution is -2.38. The van der Waals surface area contributed by atoms with Crippen LogP contribution in [0.4, 0.5) is 4.79 Å². The third-order valence-electron chi connectivity index (χ3n) is 5.51. The summed E-state index contributed by atoms with van der Waals surface area (Å²) in [6.07, 6.45) is 1.22. The molecule has 3 aromatic rings. The Kier molecular flexibility index (Phi) is 9.47. The molecule has 8 heteroatoms. The summed E-state index contributed by atoms with van der Waals surface area (Å²) in [5.41, 5.74) is 1.63. The number of carbonyl (C=O) groups is 3. The fraction of sp³-hybridized carbons (Fsp3) is 0.393. The van der Waals surface area contributed by atoms with Crippen LogP contribution in [0.5, 0.6) is 0 Å². The number of ether oxygens (including phenoxy) is 1. The van der Waals surface area contributed by atoms with Gasteiger partial charge in [-0.15, -0.1) is 11.3 Å². The minimum absolute atomic E-state index is 0.00493. The third-order valence-corrected chi connectivity index (χ3v) is 6.63. The highest BCUT2D eigenvalue weighted by Gasteiger charge is 2.16. The summed E-state index contributed by atoms with van der Waals surface area (Å²) >= 11 is 1.47. The van der Waals surface area contributed by atoms with E-state index in [0.717, 1.165) is 34.1 Å². The van der Waals surface area contributed by atoms with Gasteiger partial charge in [0.15, 0.2) is 0 Å². The van der Waals surface area contributed by atoms with Crippen molar-refractivity contribution < 1.29 is 19.1 Å². The molecule has 0 unspecified atom stereocenters. The molecule has 0 radical (unpaired) electrons. The van der Waals surface area contributed by atoms with Crippen molar-refractivity contribution in [1.29, 1.82) is 0 Å². The first-order valence-corrected chi connectivity index (χ1v) is 13.0. The molecule has 7 nitrogen and oxygen atoms in total. The molecular formula is C28H35N3O4S. The van der Waals surface area contributed by atoms with E-state index in [1.165, 1.54) is 11.3 Å². The zero-order valence-corrected chi connectivity index (χ0v) is 22.2. The Morgan fingerprint density at radius 2 is 1.64 bits per heavy atom. The second kappa shape index (κ2) is 12.5. The average Bonchev–Trinajstić information content (AvgIpc) is 3.26. The first-order valence-electron chi connectivity index (χ1n) is 12.2. The van der Waals surface area contributed by atoms with Gasteiger partial charge in [-0.05, 0) is 62.3 Å². The molecule has 0 saturated heterocycles. The Bertz CT molecular complexity index is 1150. The summed E-state index contributed by atoms with van der Waals surface area (Å²) in [7, 11) is 0. The van der Waals surface area contributed by atoms with Gasteiger partial charge in [-0.3, -0.25) is 9.59 Å². The molecule has 2 aromatic carbocycles. The summed E-state index contributed by atoms with van der Waals surface area (Å²) in [4.78, 5) is 38.8. The van der Waals surface area contributed by atoms with Crippen molar-refractivity contribution in [2.45, 2.75) is 52.7 Å². The highest BCUT2D eigenvalue weighted by Crippen LogP contribution is 2.25. The number of nitrogens with zero attached hydrogens (tertiary/aromatic N) is 1. The maximum absolute atomic E-state index is 12.5. The molecule has 2 N–H and O–H groups in total. The van der Waals surface area contributed by atoms with Gasteiger partial charge in [0.05, 0.1) is 4.88 Å². The number of alkyl carbamates (subject to hydrolysis) is 1. The van der Waals surface area contributed by atoms with E-state index in [1.807, 2.05) is 75.4 Å². The van der Waals surface area contributed by atoms with Crippen LogP contribution in [0.2, 0.25) is 0 Å². The first kappa shape index (κ1) is 27.2. The van der Waals surface area contributed by atoms with Gasteiger partial charge in [0.1, 0.15) is 5.60 Å². The molecule has 0 aliphatic heterocycles. The van der Waals surface area contributed by atoms with Gasteiger partial charge >= 0.3 is 6.09 Å². The van der Waals surface area contributed by atoms with Crippen LogP contribution in [-0.4, -0.2) is 48.0 Å². The number of thiophene rings is 1. The molecule has 3 amide bonds. The number of rotatable bonds is 10. The monoisotopic (exact) mass is 509 g/mol. The Morgan fingerprint density at radius 1 is 0.944 bits per heavy atom. The van der Waals surface area contributed by atoms with Gasteiger partial charge in [0.2, 0.25) is 5.91 Å². The molecule has 0 fully saturated rings. The average molecular weight is 510 g/mol. The topological polar surface area (TPSA) is 87.7 Å². The van der Waals surface area contributed by atoms with Crippen molar-refractivity contribution >= 4 is 39.3 Å². The standard InChI is InChI=1S/C28H35N3O4S/c1-20(32)31(17-15-29-26(33)25-18-23-9-5-6-10-24(23)36-25)16-7-8-21-11-13-22(14-12-21)19-30-27(34)35-28(2,3)4/h5-6,9-14,18H,7-8,15-17,19H2,1-4H3,(H,29,33)(H,30,34). The number of nitrogens with one attached hydrogen (secondary N) is 2. The van der Waals surface area contributed by atoms with Crippen LogP contribution in [0.15, 0.2) is 54.6 Å². The second-order valence-corrected chi connectivity index (χ2v) is 10.8. The Labute approximate surface area is 216 Å².